The molecule has 4 aromatic rings. The van der Waals surface area contributed by atoms with E-state index in [1.54, 1.807) is 0 Å². The molecule has 1 amide bonds. The molecular weight excluding hydrogens is 699 g/mol. The first-order valence-electron chi connectivity index (χ1n) is 15.5. The fourth-order valence-corrected chi connectivity index (χ4v) is 7.69. The van der Waals surface area contributed by atoms with Crippen LogP contribution >= 0.6 is 23.1 Å². The predicted octanol–water partition coefficient (Wildman–Crippen LogP) is 2.03. The number of ketones is 1. The third kappa shape index (κ3) is 7.27. The van der Waals surface area contributed by atoms with Gasteiger partial charge < -0.3 is 36.8 Å². The van der Waals surface area contributed by atoms with Gasteiger partial charge in [-0.25, -0.2) is 24.1 Å². The van der Waals surface area contributed by atoms with Gasteiger partial charge in [0.2, 0.25) is 11.5 Å². The summed E-state index contributed by atoms with van der Waals surface area (Å²) in [6.45, 7) is 3.39. The Bertz CT molecular complexity index is 2150. The van der Waals surface area contributed by atoms with Gasteiger partial charge in [0.1, 0.15) is 11.4 Å². The van der Waals surface area contributed by atoms with Gasteiger partial charge >= 0.3 is 11.9 Å². The van der Waals surface area contributed by atoms with Gasteiger partial charge in [-0.15, -0.1) is 23.1 Å². The lowest BCUT2D eigenvalue weighted by atomic mass is 9.89. The highest BCUT2D eigenvalue weighted by Crippen LogP contribution is 2.45. The maximum Gasteiger partial charge on any atom is 0.352 e. The molecule has 2 aliphatic heterocycles. The number of Topliss-reactive ketones (excluding diaryl/α,β-unsaturated/α-hetero) is 1. The molecule has 5 heterocycles. The molecule has 0 spiro atoms. The summed E-state index contributed by atoms with van der Waals surface area (Å²) < 4.78 is 3.97. The van der Waals surface area contributed by atoms with E-state index in [2.05, 4.69) is 19.7 Å². The van der Waals surface area contributed by atoms with Crippen LogP contribution in [-0.4, -0.2) is 76.7 Å². The number of amides is 1. The maximum atomic E-state index is 13.5. The zero-order valence-corrected chi connectivity index (χ0v) is 29.1. The highest BCUT2D eigenvalue weighted by molar-refractivity contribution is 8.00. The van der Waals surface area contributed by atoms with Crippen LogP contribution in [0.15, 0.2) is 81.8 Å². The Morgan fingerprint density at radius 1 is 1.14 bits per heavy atom. The number of pyridine rings is 1. The first kappa shape index (κ1) is 35.1. The van der Waals surface area contributed by atoms with Crippen LogP contribution in [0.1, 0.15) is 31.5 Å². The van der Waals surface area contributed by atoms with E-state index < -0.39 is 40.5 Å². The highest BCUT2D eigenvalue weighted by Gasteiger charge is 2.54. The molecule has 0 saturated carbocycles. The number of thioether (sulfide) groups is 1. The topological polar surface area (TPSA) is 246 Å². The van der Waals surface area contributed by atoms with Gasteiger partial charge in [0, 0.05) is 41.9 Å². The molecular formula is C33H34N9O7S2+. The summed E-state index contributed by atoms with van der Waals surface area (Å²) in [5.74, 6) is -4.20. The normalized spacial score (nSPS) is 17.6. The molecule has 51 heavy (non-hydrogen) atoms. The minimum Gasteiger partial charge on any atom is -0.478 e. The molecule has 1 saturated heterocycles. The molecule has 1 aromatic carbocycles. The third-order valence-electron chi connectivity index (χ3n) is 8.36. The molecule has 18 heteroatoms. The Labute approximate surface area is 298 Å². The second-order valence-electron chi connectivity index (χ2n) is 12.4. The molecule has 8 N–H and O–H groups in total. The van der Waals surface area contributed by atoms with Gasteiger partial charge in [0.25, 0.3) is 0 Å². The van der Waals surface area contributed by atoms with Gasteiger partial charge in [-0.2, -0.15) is 0 Å². The molecule has 2 atom stereocenters. The van der Waals surface area contributed by atoms with Gasteiger partial charge in [-0.1, -0.05) is 17.3 Å². The van der Waals surface area contributed by atoms with Crippen molar-refractivity contribution in [2.75, 3.05) is 11.5 Å². The number of β-lactam (4-membered cyclic amide) rings is 1. The number of carboxylic acids is 2. The molecule has 2 aliphatic rings. The summed E-state index contributed by atoms with van der Waals surface area (Å²) in [6.07, 6.45) is 5.45. The SMILES string of the molecule is CC(C)(O/N=C(\C(=O)C[C@@H]1C(=O)N2C(C(=O)O)=C(C[n+]3ccc4c(ccn4Cc4ccc(N=C(N)N)cc4)c3)CS[C@H]12)c1csc(N)n1)C(=O)O. The van der Waals surface area contributed by atoms with E-state index in [0.717, 1.165) is 27.8 Å². The Morgan fingerprint density at radius 3 is 2.53 bits per heavy atom. The summed E-state index contributed by atoms with van der Waals surface area (Å²) in [6, 6.07) is 11.5. The molecule has 6 rings (SSSR count). The number of nitrogens with zero attached hydrogens (tertiary/aromatic N) is 6. The molecule has 264 valence electrons. The summed E-state index contributed by atoms with van der Waals surface area (Å²) in [4.78, 5) is 65.6. The van der Waals surface area contributed by atoms with Crippen molar-refractivity contribution in [1.29, 1.82) is 0 Å². The lowest BCUT2D eigenvalue weighted by molar-refractivity contribution is -0.687. The molecule has 0 aliphatic carbocycles. The summed E-state index contributed by atoms with van der Waals surface area (Å²) in [5, 5.41) is 25.4. The van der Waals surface area contributed by atoms with Crippen molar-refractivity contribution < 1.29 is 38.8 Å². The van der Waals surface area contributed by atoms with Crippen molar-refractivity contribution in [1.82, 2.24) is 14.5 Å². The number of hydrogen-bond donors (Lipinski definition) is 5. The van der Waals surface area contributed by atoms with Crippen molar-refractivity contribution in [3.8, 4) is 0 Å². The lowest BCUT2D eigenvalue weighted by Gasteiger charge is -2.49. The van der Waals surface area contributed by atoms with Crippen LogP contribution in [0.2, 0.25) is 0 Å². The van der Waals surface area contributed by atoms with Crippen LogP contribution in [0.4, 0.5) is 10.8 Å². The van der Waals surface area contributed by atoms with Crippen LogP contribution in [0, 0.1) is 5.92 Å². The van der Waals surface area contributed by atoms with E-state index in [0.29, 0.717) is 23.6 Å². The number of anilines is 1. The Morgan fingerprint density at radius 2 is 1.88 bits per heavy atom. The van der Waals surface area contributed by atoms with Crippen molar-refractivity contribution in [2.45, 2.75) is 44.3 Å². The number of carboxylic acid groups (broad SMARTS) is 2. The van der Waals surface area contributed by atoms with Crippen molar-refractivity contribution in [3.63, 3.8) is 0 Å². The third-order valence-corrected chi connectivity index (χ3v) is 10.4. The zero-order valence-electron chi connectivity index (χ0n) is 27.4. The van der Waals surface area contributed by atoms with Crippen LogP contribution in [0.5, 0.6) is 0 Å². The number of aliphatic imine (C=N–C) groups is 1. The molecule has 0 radical (unpaired) electrons. The number of fused-ring (bicyclic) bond motifs is 2. The van der Waals surface area contributed by atoms with E-state index in [9.17, 15) is 29.4 Å². The van der Waals surface area contributed by atoms with Gasteiger partial charge in [0.15, 0.2) is 41.5 Å². The Kier molecular flexibility index (Phi) is 9.54. The van der Waals surface area contributed by atoms with E-state index in [4.69, 9.17) is 22.0 Å². The summed E-state index contributed by atoms with van der Waals surface area (Å²) in [5.41, 5.74) is 17.9. The highest BCUT2D eigenvalue weighted by atomic mass is 32.2. The number of nitrogen functional groups attached to an aromatic ring is 1. The fourth-order valence-electron chi connectivity index (χ4n) is 5.74. The average Bonchev–Trinajstić information content (AvgIpc) is 3.69. The monoisotopic (exact) mass is 732 g/mol. The van der Waals surface area contributed by atoms with Crippen molar-refractivity contribution in [2.24, 2.45) is 27.5 Å². The van der Waals surface area contributed by atoms with Gasteiger partial charge in [0.05, 0.1) is 27.9 Å². The predicted molar refractivity (Wildman–Crippen MR) is 190 cm³/mol. The van der Waals surface area contributed by atoms with Crippen LogP contribution < -0.4 is 21.8 Å². The number of carbonyl (C=O) groups excluding carboxylic acids is 2. The number of nitrogens with two attached hydrogens (primary N) is 3. The molecule has 16 nitrogen and oxygen atoms in total. The number of guanidine groups is 1. The van der Waals surface area contributed by atoms with Crippen LogP contribution in [-0.2, 0) is 37.1 Å². The quantitative estimate of drug-likeness (QED) is 0.0436. The van der Waals surface area contributed by atoms with Crippen LogP contribution in [0.25, 0.3) is 10.9 Å². The maximum absolute atomic E-state index is 13.5. The number of benzene rings is 1. The fraction of sp³-hybridized carbons (Fsp3) is 0.273. The van der Waals surface area contributed by atoms with E-state index in [-0.39, 0.29) is 41.2 Å². The second-order valence-corrected chi connectivity index (χ2v) is 14.4. The standard InChI is InChI=1S/C33H33N9O7S2/c1-33(2,30(47)48)49-39-25(22-16-51-32(36)38-22)24(43)11-21-27(44)42-26(29(45)46)19(15-50-28(21)42)14-40-9-8-23-18(13-40)7-10-41(23)12-17-3-5-20(6-4-17)37-31(34)35/h3-10,13,16,21,28H,11-12,14-15H2,1-2H3,(H7-,34,35,36,37,38,45,46,47,48)/p+1/b39-25-/t21-,28-/m1/s1. The number of carbonyl (C=O) groups is 4. The lowest BCUT2D eigenvalue weighted by Crippen LogP contribution is -2.62. The number of aliphatic carboxylic acids is 2. The largest absolute Gasteiger partial charge is 0.478 e. The average molecular weight is 733 g/mol. The van der Waals surface area contributed by atoms with Gasteiger partial charge in [-0.05, 0) is 37.6 Å². The molecule has 1 fully saturated rings. The van der Waals surface area contributed by atoms with E-state index >= 15 is 0 Å². The Balaban J connectivity index is 1.17. The molecule has 3 aromatic heterocycles. The first-order valence-corrected chi connectivity index (χ1v) is 17.5. The van der Waals surface area contributed by atoms with E-state index in [1.807, 2.05) is 59.6 Å². The molecule has 0 unspecified atom stereocenters. The minimum atomic E-state index is -1.75. The number of hydrogen-bond acceptors (Lipinski definition) is 11. The number of aromatic nitrogens is 3. The van der Waals surface area contributed by atoms with Crippen molar-refractivity contribution >= 4 is 80.1 Å². The number of oxime groups is 1. The minimum absolute atomic E-state index is 0.00970. The number of thiazole rings is 1. The summed E-state index contributed by atoms with van der Waals surface area (Å²) >= 11 is 2.42. The second kappa shape index (κ2) is 13.9. The Hall–Kier alpha value is -5.75. The smallest absolute Gasteiger partial charge is 0.352 e. The first-order chi connectivity index (χ1) is 24.2. The van der Waals surface area contributed by atoms with Crippen molar-refractivity contribution in [3.05, 3.63) is 82.9 Å². The molecule has 0 bridgehead atoms. The zero-order chi connectivity index (χ0) is 36.6. The number of rotatable bonds is 13. The summed E-state index contributed by atoms with van der Waals surface area (Å²) in [7, 11) is 0. The van der Waals surface area contributed by atoms with E-state index in [1.165, 1.54) is 35.9 Å². The van der Waals surface area contributed by atoms with Gasteiger partial charge in [-0.3, -0.25) is 14.5 Å². The van der Waals surface area contributed by atoms with Crippen LogP contribution in [0.3, 0.4) is 0 Å².